The molecule has 14 heteroatoms. The third-order valence-corrected chi connectivity index (χ3v) is 10.1. The number of hydrogen-bond donors (Lipinski definition) is 3. The number of methoxy groups -OCH3 is 1. The molecule has 4 N–H and O–H groups in total. The first-order valence-electron chi connectivity index (χ1n) is 19.0. The Bertz CT molecular complexity index is 1660. The van der Waals surface area contributed by atoms with Gasteiger partial charge in [-0.25, -0.2) is 9.59 Å². The highest BCUT2D eigenvalue weighted by Crippen LogP contribution is 2.44. The van der Waals surface area contributed by atoms with Gasteiger partial charge >= 0.3 is 12.1 Å². The zero-order valence-corrected chi connectivity index (χ0v) is 32.3. The lowest BCUT2D eigenvalue weighted by Crippen LogP contribution is -2.42. The smallest absolute Gasteiger partial charge is 0.407 e. The van der Waals surface area contributed by atoms with E-state index in [2.05, 4.69) is 39.8 Å². The molecule has 2 amide bonds. The Morgan fingerprint density at radius 3 is 1.98 bits per heavy atom. The second kappa shape index (κ2) is 22.2. The minimum atomic E-state index is -0.526. The maximum atomic E-state index is 12.6. The Morgan fingerprint density at radius 1 is 0.782 bits per heavy atom. The molecule has 0 bridgehead atoms. The Balaban J connectivity index is 0.787. The fourth-order valence-electron chi connectivity index (χ4n) is 6.75. The van der Waals surface area contributed by atoms with Gasteiger partial charge in [0.05, 0.1) is 44.2 Å². The number of esters is 1. The van der Waals surface area contributed by atoms with Gasteiger partial charge < -0.3 is 44.8 Å². The summed E-state index contributed by atoms with van der Waals surface area (Å²) in [6, 6.07) is 19.5. The summed E-state index contributed by atoms with van der Waals surface area (Å²) in [5, 5.41) is 6.08. The van der Waals surface area contributed by atoms with Crippen LogP contribution in [0.4, 0.5) is 10.5 Å². The molecule has 3 aromatic carbocycles. The van der Waals surface area contributed by atoms with E-state index >= 15 is 0 Å². The van der Waals surface area contributed by atoms with Crippen LogP contribution in [0.25, 0.3) is 11.1 Å². The Labute approximate surface area is 328 Å². The van der Waals surface area contributed by atoms with E-state index in [4.69, 9.17) is 45.8 Å². The number of nitrogens with two attached hydrogens (primary N) is 1. The molecule has 0 radical (unpaired) electrons. The zero-order chi connectivity index (χ0) is 38.8. The number of amides is 2. The third-order valence-electron chi connectivity index (χ3n) is 9.72. The van der Waals surface area contributed by atoms with Gasteiger partial charge in [-0.2, -0.15) is 0 Å². The SMILES string of the molecule is COc1cc(N)c(Cl)cc1C(=O)OCCN1CCC(C(=O)NCCCOCCOCCOCCCNC(=O)OCC2c3ccccc3-c3ccccc32)CC1. The van der Waals surface area contributed by atoms with Crippen molar-refractivity contribution in [3.63, 3.8) is 0 Å². The number of anilines is 1. The van der Waals surface area contributed by atoms with Crippen LogP contribution in [0.15, 0.2) is 60.7 Å². The summed E-state index contributed by atoms with van der Waals surface area (Å²) >= 11 is 6.06. The number of halogens is 1. The highest BCUT2D eigenvalue weighted by molar-refractivity contribution is 6.33. The second-order valence-electron chi connectivity index (χ2n) is 13.4. The molecule has 13 nitrogen and oxygen atoms in total. The lowest BCUT2D eigenvalue weighted by atomic mass is 9.96. The van der Waals surface area contributed by atoms with Gasteiger partial charge in [0.1, 0.15) is 24.5 Å². The van der Waals surface area contributed by atoms with Crippen molar-refractivity contribution in [1.29, 1.82) is 0 Å². The standard InChI is InChI=1S/C41H53ClN4O9/c1-50-38-27-37(43)36(42)26-34(38)40(48)54-21-18-46-16-12-29(13-17-46)39(47)44-14-6-19-51-22-24-53-25-23-52-20-7-15-45-41(49)55-28-35-32-10-4-2-8-30(32)31-9-3-5-11-33(31)35/h2-5,8-11,26-27,29,35H,6-7,12-25,28,43H2,1H3,(H,44,47)(H,45,49). The predicted octanol–water partition coefficient (Wildman–Crippen LogP) is 5.28. The number of ether oxygens (including phenoxy) is 6. The van der Waals surface area contributed by atoms with Crippen molar-refractivity contribution in [3.05, 3.63) is 82.4 Å². The summed E-state index contributed by atoms with van der Waals surface area (Å²) in [6.45, 7) is 6.48. The Morgan fingerprint density at radius 2 is 1.36 bits per heavy atom. The molecule has 5 rings (SSSR count). The molecule has 3 aromatic rings. The number of alkyl carbamates (subject to hydrolysis) is 1. The van der Waals surface area contributed by atoms with E-state index < -0.39 is 12.1 Å². The normalized spacial score (nSPS) is 14.2. The van der Waals surface area contributed by atoms with Crippen molar-refractivity contribution in [1.82, 2.24) is 15.5 Å². The molecular weight excluding hydrogens is 728 g/mol. The van der Waals surface area contributed by atoms with Gasteiger partial charge in [0.25, 0.3) is 0 Å². The van der Waals surface area contributed by atoms with Gasteiger partial charge in [0.2, 0.25) is 5.91 Å². The number of benzene rings is 3. The van der Waals surface area contributed by atoms with Crippen LogP contribution in [-0.4, -0.2) is 116 Å². The molecule has 1 aliphatic carbocycles. The Hall–Kier alpha value is -4.40. The van der Waals surface area contributed by atoms with E-state index in [-0.39, 0.29) is 34.9 Å². The number of likely N-dealkylation sites (tertiary alicyclic amines) is 1. The van der Waals surface area contributed by atoms with Crippen LogP contribution in [0.2, 0.25) is 5.02 Å². The van der Waals surface area contributed by atoms with Crippen LogP contribution in [0.1, 0.15) is 53.1 Å². The molecule has 298 valence electrons. The monoisotopic (exact) mass is 780 g/mol. The van der Waals surface area contributed by atoms with Crippen molar-refractivity contribution >= 4 is 35.3 Å². The number of nitrogen functional groups attached to an aromatic ring is 1. The number of hydrogen-bond acceptors (Lipinski definition) is 11. The van der Waals surface area contributed by atoms with Crippen molar-refractivity contribution in [3.8, 4) is 16.9 Å². The number of piperidine rings is 1. The van der Waals surface area contributed by atoms with Crippen molar-refractivity contribution in [2.24, 2.45) is 5.92 Å². The maximum absolute atomic E-state index is 12.6. The van der Waals surface area contributed by atoms with Crippen molar-refractivity contribution in [2.75, 3.05) is 98.4 Å². The van der Waals surface area contributed by atoms with Gasteiger partial charge in [0, 0.05) is 50.8 Å². The fraction of sp³-hybridized carbons (Fsp3) is 0.488. The summed E-state index contributed by atoms with van der Waals surface area (Å²) in [5.41, 5.74) is 11.1. The van der Waals surface area contributed by atoms with Crippen LogP contribution in [0.3, 0.4) is 0 Å². The first kappa shape index (κ1) is 41.8. The molecule has 1 fully saturated rings. The first-order valence-corrected chi connectivity index (χ1v) is 19.4. The van der Waals surface area contributed by atoms with Crippen molar-refractivity contribution < 1.29 is 42.8 Å². The molecule has 55 heavy (non-hydrogen) atoms. The first-order chi connectivity index (χ1) is 26.9. The highest BCUT2D eigenvalue weighted by atomic mass is 35.5. The predicted molar refractivity (Wildman–Crippen MR) is 210 cm³/mol. The highest BCUT2D eigenvalue weighted by Gasteiger charge is 2.29. The lowest BCUT2D eigenvalue weighted by molar-refractivity contribution is -0.126. The van der Waals surface area contributed by atoms with E-state index in [1.54, 1.807) is 0 Å². The lowest BCUT2D eigenvalue weighted by Gasteiger charge is -2.31. The zero-order valence-electron chi connectivity index (χ0n) is 31.5. The second-order valence-corrected chi connectivity index (χ2v) is 13.8. The number of rotatable bonds is 22. The molecule has 0 spiro atoms. The van der Waals surface area contributed by atoms with E-state index in [1.807, 2.05) is 24.3 Å². The minimum Gasteiger partial charge on any atom is -0.496 e. The van der Waals surface area contributed by atoms with Crippen molar-refractivity contribution in [2.45, 2.75) is 31.6 Å². The van der Waals surface area contributed by atoms with E-state index in [9.17, 15) is 14.4 Å². The number of carbonyl (C=O) groups excluding carboxylic acids is 3. The molecule has 1 saturated heterocycles. The summed E-state index contributed by atoms with van der Waals surface area (Å²) in [4.78, 5) is 39.7. The molecule has 0 atom stereocenters. The fourth-order valence-corrected chi connectivity index (χ4v) is 6.91. The minimum absolute atomic E-state index is 0.0332. The average molecular weight is 781 g/mol. The van der Waals surface area contributed by atoms with Crippen LogP contribution in [-0.2, 0) is 28.5 Å². The summed E-state index contributed by atoms with van der Waals surface area (Å²) in [7, 11) is 1.45. The van der Waals surface area contributed by atoms with E-state index in [0.717, 1.165) is 25.9 Å². The van der Waals surface area contributed by atoms with Crippen LogP contribution >= 0.6 is 11.6 Å². The number of nitrogens with one attached hydrogen (secondary N) is 2. The summed E-state index contributed by atoms with van der Waals surface area (Å²) in [6.07, 6.45) is 2.45. The largest absolute Gasteiger partial charge is 0.496 e. The molecule has 1 heterocycles. The molecular formula is C41H53ClN4O9. The van der Waals surface area contributed by atoms with Gasteiger partial charge in [-0.15, -0.1) is 0 Å². The summed E-state index contributed by atoms with van der Waals surface area (Å²) < 4.78 is 33.0. The molecule has 1 aliphatic heterocycles. The quantitative estimate of drug-likeness (QED) is 0.0692. The number of fused-ring (bicyclic) bond motifs is 3. The van der Waals surface area contributed by atoms with Crippen LogP contribution < -0.4 is 21.1 Å². The molecule has 0 aromatic heterocycles. The third kappa shape index (κ3) is 12.6. The number of nitrogens with zero attached hydrogens (tertiary/aromatic N) is 1. The van der Waals surface area contributed by atoms with Crippen LogP contribution in [0.5, 0.6) is 5.75 Å². The van der Waals surface area contributed by atoms with Gasteiger partial charge in [0.15, 0.2) is 0 Å². The van der Waals surface area contributed by atoms with Gasteiger partial charge in [-0.05, 0) is 67.1 Å². The summed E-state index contributed by atoms with van der Waals surface area (Å²) in [5.74, 6) is -0.145. The number of carbonyl (C=O) groups is 3. The Kier molecular flexibility index (Phi) is 16.9. The average Bonchev–Trinajstić information content (AvgIpc) is 3.52. The topological polar surface area (TPSA) is 160 Å². The molecule has 0 saturated carbocycles. The maximum Gasteiger partial charge on any atom is 0.407 e. The molecule has 2 aliphatic rings. The molecule has 0 unspecified atom stereocenters. The van der Waals surface area contributed by atoms with E-state index in [0.29, 0.717) is 90.2 Å². The van der Waals surface area contributed by atoms with Crippen LogP contribution in [0, 0.1) is 5.92 Å². The van der Waals surface area contributed by atoms with Gasteiger partial charge in [-0.1, -0.05) is 60.1 Å². The van der Waals surface area contributed by atoms with E-state index in [1.165, 1.54) is 41.5 Å². The van der Waals surface area contributed by atoms with Gasteiger partial charge in [-0.3, -0.25) is 9.69 Å².